The molecular formula is C22H19FN2O4S. The number of hydrogen-bond donors (Lipinski definition) is 1. The molecule has 0 aliphatic carbocycles. The normalized spacial score (nSPS) is 15.6. The number of fused-ring (bicyclic) bond motifs is 1. The van der Waals surface area contributed by atoms with Crippen molar-refractivity contribution in [3.8, 4) is 11.5 Å². The summed E-state index contributed by atoms with van der Waals surface area (Å²) in [6.07, 6.45) is 3.10. The fraction of sp³-hybridized carbons (Fsp3) is 0.0909. The van der Waals surface area contributed by atoms with Gasteiger partial charge in [0.25, 0.3) is 0 Å². The fourth-order valence-electron chi connectivity index (χ4n) is 3.31. The van der Waals surface area contributed by atoms with Gasteiger partial charge in [-0.05, 0) is 48.0 Å². The summed E-state index contributed by atoms with van der Waals surface area (Å²) in [5, 5.41) is 5.32. The topological polar surface area (TPSA) is 81.9 Å². The molecule has 0 bridgehead atoms. The van der Waals surface area contributed by atoms with Crippen molar-refractivity contribution in [2.75, 3.05) is 12.0 Å². The van der Waals surface area contributed by atoms with Crippen molar-refractivity contribution in [1.29, 1.82) is 0 Å². The Labute approximate surface area is 174 Å². The van der Waals surface area contributed by atoms with E-state index in [1.165, 1.54) is 37.4 Å². The highest BCUT2D eigenvalue weighted by Gasteiger charge is 2.27. The zero-order chi connectivity index (χ0) is 21.3. The van der Waals surface area contributed by atoms with Crippen molar-refractivity contribution in [1.82, 2.24) is 0 Å². The molecule has 0 saturated heterocycles. The quantitative estimate of drug-likeness (QED) is 0.666. The first-order chi connectivity index (χ1) is 14.4. The average molecular weight is 426 g/mol. The Morgan fingerprint density at radius 3 is 2.57 bits per heavy atom. The molecule has 30 heavy (non-hydrogen) atoms. The highest BCUT2D eigenvalue weighted by Crippen LogP contribution is 2.38. The summed E-state index contributed by atoms with van der Waals surface area (Å²) in [6.45, 7) is 0. The lowest BCUT2D eigenvalue weighted by Gasteiger charge is -2.36. The van der Waals surface area contributed by atoms with Gasteiger partial charge in [0, 0.05) is 11.8 Å². The number of hydrogen-bond acceptors (Lipinski definition) is 5. The van der Waals surface area contributed by atoms with Gasteiger partial charge in [-0.2, -0.15) is 0 Å². The lowest BCUT2D eigenvalue weighted by molar-refractivity contribution is 0.241. The maximum atomic E-state index is 13.6. The Balaban J connectivity index is 1.81. The van der Waals surface area contributed by atoms with Crippen molar-refractivity contribution in [2.24, 2.45) is 5.14 Å². The number of ether oxygens (including phenoxy) is 2. The number of benzene rings is 3. The third-order valence-corrected chi connectivity index (χ3v) is 5.60. The molecule has 0 spiro atoms. The van der Waals surface area contributed by atoms with Gasteiger partial charge >= 0.3 is 0 Å². The number of sulfonamides is 1. The van der Waals surface area contributed by atoms with Crippen LogP contribution in [0.5, 0.6) is 11.5 Å². The molecule has 0 aromatic heterocycles. The summed E-state index contributed by atoms with van der Waals surface area (Å²) in [5.74, 6) is 0.155. The van der Waals surface area contributed by atoms with E-state index < -0.39 is 22.1 Å². The molecule has 3 aromatic carbocycles. The van der Waals surface area contributed by atoms with Crippen LogP contribution in [-0.4, -0.2) is 21.8 Å². The van der Waals surface area contributed by atoms with Gasteiger partial charge in [0.05, 0.1) is 17.7 Å². The standard InChI is InChI=1S/C22H19FN2O4S/c1-28-21-13-16(23)10-11-20(21)29-22-12-9-15-5-2-3-8-19(15)25(22)17-6-4-7-18(14-17)30(24,26)27/h2-14,22H,1H3,(H2,24,26,27). The van der Waals surface area contributed by atoms with Crippen molar-refractivity contribution < 1.29 is 22.3 Å². The van der Waals surface area contributed by atoms with Crippen LogP contribution in [0.15, 0.2) is 77.7 Å². The monoisotopic (exact) mass is 426 g/mol. The number of anilines is 2. The molecule has 1 heterocycles. The van der Waals surface area contributed by atoms with E-state index in [9.17, 15) is 12.8 Å². The summed E-state index contributed by atoms with van der Waals surface area (Å²) in [5.41, 5.74) is 2.33. The molecule has 0 saturated carbocycles. The van der Waals surface area contributed by atoms with Gasteiger partial charge in [0.15, 0.2) is 17.7 Å². The maximum absolute atomic E-state index is 13.6. The van der Waals surface area contributed by atoms with Crippen LogP contribution < -0.4 is 19.5 Å². The van der Waals surface area contributed by atoms with E-state index in [0.717, 1.165) is 11.3 Å². The van der Waals surface area contributed by atoms with E-state index in [1.807, 2.05) is 41.3 Å². The lowest BCUT2D eigenvalue weighted by Crippen LogP contribution is -2.36. The second-order valence-electron chi connectivity index (χ2n) is 6.63. The highest BCUT2D eigenvalue weighted by molar-refractivity contribution is 7.89. The van der Waals surface area contributed by atoms with Crippen LogP contribution >= 0.6 is 0 Å². The summed E-state index contributed by atoms with van der Waals surface area (Å²) in [4.78, 5) is 1.83. The van der Waals surface area contributed by atoms with E-state index in [0.29, 0.717) is 11.4 Å². The van der Waals surface area contributed by atoms with E-state index in [1.54, 1.807) is 12.1 Å². The smallest absolute Gasteiger partial charge is 0.238 e. The van der Waals surface area contributed by atoms with E-state index in [2.05, 4.69) is 0 Å². The van der Waals surface area contributed by atoms with Crippen LogP contribution in [0.25, 0.3) is 6.08 Å². The first kappa shape index (κ1) is 19.9. The molecule has 8 heteroatoms. The SMILES string of the molecule is COc1cc(F)ccc1OC1C=Cc2ccccc2N1c1cccc(S(N)(=O)=O)c1. The van der Waals surface area contributed by atoms with Crippen molar-refractivity contribution in [2.45, 2.75) is 11.1 Å². The van der Waals surface area contributed by atoms with Gasteiger partial charge in [0.2, 0.25) is 10.0 Å². The van der Waals surface area contributed by atoms with Crippen LogP contribution in [0.2, 0.25) is 0 Å². The van der Waals surface area contributed by atoms with Gasteiger partial charge in [0.1, 0.15) is 5.82 Å². The average Bonchev–Trinajstić information content (AvgIpc) is 2.74. The third-order valence-electron chi connectivity index (χ3n) is 4.69. The molecule has 0 fully saturated rings. The molecule has 1 aliphatic heterocycles. The van der Waals surface area contributed by atoms with Gasteiger partial charge in [-0.25, -0.2) is 17.9 Å². The van der Waals surface area contributed by atoms with E-state index in [-0.39, 0.29) is 10.6 Å². The van der Waals surface area contributed by atoms with Gasteiger partial charge < -0.3 is 14.4 Å². The number of halogens is 1. The third kappa shape index (κ3) is 3.87. The minimum atomic E-state index is -3.88. The van der Waals surface area contributed by atoms with Crippen LogP contribution in [-0.2, 0) is 10.0 Å². The number of nitrogens with zero attached hydrogens (tertiary/aromatic N) is 1. The Bertz CT molecular complexity index is 1230. The summed E-state index contributed by atoms with van der Waals surface area (Å²) < 4.78 is 48.7. The predicted octanol–water partition coefficient (Wildman–Crippen LogP) is 4.05. The minimum Gasteiger partial charge on any atom is -0.493 e. The number of primary sulfonamides is 1. The fourth-order valence-corrected chi connectivity index (χ4v) is 3.87. The molecule has 6 nitrogen and oxygen atoms in total. The predicted molar refractivity (Wildman–Crippen MR) is 113 cm³/mol. The van der Waals surface area contributed by atoms with Gasteiger partial charge in [-0.3, -0.25) is 0 Å². The van der Waals surface area contributed by atoms with Crippen LogP contribution in [0.1, 0.15) is 5.56 Å². The van der Waals surface area contributed by atoms with Crippen molar-refractivity contribution >= 4 is 27.5 Å². The Hall–Kier alpha value is -3.36. The molecule has 1 aliphatic rings. The lowest BCUT2D eigenvalue weighted by atomic mass is 10.1. The molecule has 154 valence electrons. The number of para-hydroxylation sites is 1. The number of nitrogens with two attached hydrogens (primary N) is 1. The molecule has 0 radical (unpaired) electrons. The Morgan fingerprint density at radius 1 is 1.00 bits per heavy atom. The van der Waals surface area contributed by atoms with Crippen LogP contribution in [0.3, 0.4) is 0 Å². The Kier molecular flexibility index (Phi) is 5.19. The maximum Gasteiger partial charge on any atom is 0.238 e. The summed E-state index contributed by atoms with van der Waals surface area (Å²) >= 11 is 0. The molecule has 4 rings (SSSR count). The van der Waals surface area contributed by atoms with E-state index in [4.69, 9.17) is 14.6 Å². The number of methoxy groups -OCH3 is 1. The molecule has 1 unspecified atom stereocenters. The van der Waals surface area contributed by atoms with Crippen LogP contribution in [0, 0.1) is 5.82 Å². The van der Waals surface area contributed by atoms with Crippen LogP contribution in [0.4, 0.5) is 15.8 Å². The minimum absolute atomic E-state index is 0.00912. The first-order valence-electron chi connectivity index (χ1n) is 9.06. The largest absolute Gasteiger partial charge is 0.493 e. The van der Waals surface area contributed by atoms with Crippen molar-refractivity contribution in [3.63, 3.8) is 0 Å². The first-order valence-corrected chi connectivity index (χ1v) is 10.6. The second-order valence-corrected chi connectivity index (χ2v) is 8.20. The van der Waals surface area contributed by atoms with Gasteiger partial charge in [-0.15, -0.1) is 0 Å². The molecular weight excluding hydrogens is 407 g/mol. The summed E-state index contributed by atoms with van der Waals surface area (Å²) in [7, 11) is -2.45. The highest BCUT2D eigenvalue weighted by atomic mass is 32.2. The van der Waals surface area contributed by atoms with E-state index >= 15 is 0 Å². The van der Waals surface area contributed by atoms with Crippen molar-refractivity contribution in [3.05, 3.63) is 84.2 Å². The van der Waals surface area contributed by atoms with Gasteiger partial charge in [-0.1, -0.05) is 30.3 Å². The summed E-state index contributed by atoms with van der Waals surface area (Å²) in [6, 6.07) is 17.9. The molecule has 1 atom stereocenters. The zero-order valence-electron chi connectivity index (χ0n) is 16.0. The second kappa shape index (κ2) is 7.81. The zero-order valence-corrected chi connectivity index (χ0v) is 16.8. The molecule has 0 amide bonds. The Morgan fingerprint density at radius 2 is 1.80 bits per heavy atom. The molecule has 3 aromatic rings. The molecule has 2 N–H and O–H groups in total. The number of rotatable bonds is 5.